The Bertz CT molecular complexity index is 591. The molecule has 1 aliphatic rings. The highest BCUT2D eigenvalue weighted by Crippen LogP contribution is 2.15. The fraction of sp³-hybridized carbons (Fsp3) is 0.562. The van der Waals surface area contributed by atoms with Crippen LogP contribution < -0.4 is 10.6 Å². The maximum absolute atomic E-state index is 11.9. The molecule has 1 aliphatic heterocycles. The molecule has 7 nitrogen and oxygen atoms in total. The Hall–Kier alpha value is -2.02. The van der Waals surface area contributed by atoms with Crippen molar-refractivity contribution in [1.82, 2.24) is 20.5 Å². The van der Waals surface area contributed by atoms with Gasteiger partial charge in [0.1, 0.15) is 10.8 Å². The number of carbonyl (C=O) groups is 1. The van der Waals surface area contributed by atoms with Gasteiger partial charge in [0.2, 0.25) is 0 Å². The average Bonchev–Trinajstić information content (AvgIpc) is 2.45. The third kappa shape index (κ3) is 5.56. The third-order valence-electron chi connectivity index (χ3n) is 3.35. The minimum absolute atomic E-state index is 0.159. The summed E-state index contributed by atoms with van der Waals surface area (Å²) in [6.07, 6.45) is 1.44. The smallest absolute Gasteiger partial charge is 0.410 e. The standard InChI is InChI=1S/C16H24ClN5O2/c1-16(2,3)24-15(23)22-9-12(10-22)21-14(18-4)20-8-11-5-6-13(17)19-7-11/h5-7,12H,8-10H2,1-4H3,(H2,18,20,21). The van der Waals surface area contributed by atoms with Crippen LogP contribution in [0.15, 0.2) is 23.3 Å². The number of aromatic nitrogens is 1. The molecule has 2 heterocycles. The Kier molecular flexibility index (Phi) is 5.88. The summed E-state index contributed by atoms with van der Waals surface area (Å²) in [5.41, 5.74) is 0.533. The van der Waals surface area contributed by atoms with Crippen molar-refractivity contribution in [1.29, 1.82) is 0 Å². The fourth-order valence-electron chi connectivity index (χ4n) is 2.13. The molecule has 0 radical (unpaired) electrons. The normalized spacial score (nSPS) is 15.7. The van der Waals surface area contributed by atoms with E-state index in [-0.39, 0.29) is 12.1 Å². The van der Waals surface area contributed by atoms with E-state index in [1.807, 2.05) is 26.8 Å². The zero-order chi connectivity index (χ0) is 17.7. The van der Waals surface area contributed by atoms with Gasteiger partial charge in [-0.25, -0.2) is 9.78 Å². The van der Waals surface area contributed by atoms with E-state index in [0.717, 1.165) is 5.56 Å². The van der Waals surface area contributed by atoms with E-state index in [1.165, 1.54) is 0 Å². The molecule has 1 aromatic rings. The zero-order valence-electron chi connectivity index (χ0n) is 14.5. The summed E-state index contributed by atoms with van der Waals surface area (Å²) in [6.45, 7) is 7.36. The Morgan fingerprint density at radius 2 is 2.17 bits per heavy atom. The predicted octanol–water partition coefficient (Wildman–Crippen LogP) is 2.02. The molecule has 0 unspecified atom stereocenters. The number of rotatable bonds is 3. The summed E-state index contributed by atoms with van der Waals surface area (Å²) in [7, 11) is 1.71. The molecule has 0 saturated carbocycles. The van der Waals surface area contributed by atoms with E-state index < -0.39 is 5.60 Å². The Morgan fingerprint density at radius 3 is 2.71 bits per heavy atom. The topological polar surface area (TPSA) is 78.9 Å². The molecule has 0 spiro atoms. The number of halogens is 1. The molecule has 0 aliphatic carbocycles. The second kappa shape index (κ2) is 7.70. The van der Waals surface area contributed by atoms with Gasteiger partial charge in [0.05, 0.1) is 6.04 Å². The summed E-state index contributed by atoms with van der Waals surface area (Å²) in [6, 6.07) is 3.81. The highest BCUT2D eigenvalue weighted by atomic mass is 35.5. The summed E-state index contributed by atoms with van der Waals surface area (Å²) >= 11 is 5.77. The Morgan fingerprint density at radius 1 is 1.46 bits per heavy atom. The van der Waals surface area contributed by atoms with Crippen molar-refractivity contribution >= 4 is 23.7 Å². The summed E-state index contributed by atoms with van der Waals surface area (Å²) < 4.78 is 5.33. The van der Waals surface area contributed by atoms with E-state index in [0.29, 0.717) is 30.7 Å². The summed E-state index contributed by atoms with van der Waals surface area (Å²) in [5.74, 6) is 0.679. The molecule has 1 amide bonds. The number of likely N-dealkylation sites (tertiary alicyclic amines) is 1. The first-order valence-electron chi connectivity index (χ1n) is 7.82. The molecular formula is C16H24ClN5O2. The number of nitrogens with one attached hydrogen (secondary N) is 2. The SMILES string of the molecule is CN=C(NCc1ccc(Cl)nc1)NC1CN(C(=O)OC(C)(C)C)C1. The number of pyridine rings is 1. The van der Waals surface area contributed by atoms with Crippen LogP contribution in [-0.4, -0.2) is 53.7 Å². The minimum atomic E-state index is -0.472. The largest absolute Gasteiger partial charge is 0.444 e. The summed E-state index contributed by atoms with van der Waals surface area (Å²) in [4.78, 5) is 21.8. The lowest BCUT2D eigenvalue weighted by atomic mass is 10.1. The van der Waals surface area contributed by atoms with Crippen molar-refractivity contribution in [3.63, 3.8) is 0 Å². The van der Waals surface area contributed by atoms with Crippen LogP contribution in [0.25, 0.3) is 0 Å². The van der Waals surface area contributed by atoms with Gasteiger partial charge in [-0.2, -0.15) is 0 Å². The van der Waals surface area contributed by atoms with Gasteiger partial charge in [0, 0.05) is 32.9 Å². The first kappa shape index (κ1) is 18.3. The van der Waals surface area contributed by atoms with Crippen LogP contribution in [0.3, 0.4) is 0 Å². The van der Waals surface area contributed by atoms with Crippen molar-refractivity contribution in [2.75, 3.05) is 20.1 Å². The number of carbonyl (C=O) groups excluding carboxylic acids is 1. The lowest BCUT2D eigenvalue weighted by Crippen LogP contribution is -2.63. The first-order chi connectivity index (χ1) is 11.3. The van der Waals surface area contributed by atoms with Crippen molar-refractivity contribution in [2.45, 2.75) is 39.0 Å². The number of hydrogen-bond acceptors (Lipinski definition) is 4. The second-order valence-electron chi connectivity index (χ2n) is 6.64. The van der Waals surface area contributed by atoms with Gasteiger partial charge in [0.15, 0.2) is 5.96 Å². The molecule has 2 rings (SSSR count). The van der Waals surface area contributed by atoms with E-state index in [1.54, 1.807) is 24.2 Å². The van der Waals surface area contributed by atoms with Gasteiger partial charge < -0.3 is 20.3 Å². The molecule has 132 valence electrons. The molecule has 1 fully saturated rings. The van der Waals surface area contributed by atoms with E-state index in [4.69, 9.17) is 16.3 Å². The van der Waals surface area contributed by atoms with E-state index in [2.05, 4.69) is 20.6 Å². The summed E-state index contributed by atoms with van der Waals surface area (Å²) in [5, 5.41) is 6.95. The molecule has 2 N–H and O–H groups in total. The number of ether oxygens (including phenoxy) is 1. The monoisotopic (exact) mass is 353 g/mol. The first-order valence-corrected chi connectivity index (χ1v) is 8.20. The second-order valence-corrected chi connectivity index (χ2v) is 7.03. The molecule has 8 heteroatoms. The van der Waals surface area contributed by atoms with Gasteiger partial charge in [-0.3, -0.25) is 4.99 Å². The molecular weight excluding hydrogens is 330 g/mol. The van der Waals surface area contributed by atoms with Crippen molar-refractivity contribution in [3.05, 3.63) is 29.0 Å². The maximum Gasteiger partial charge on any atom is 0.410 e. The molecule has 1 saturated heterocycles. The van der Waals surface area contributed by atoms with Crippen LogP contribution in [0.2, 0.25) is 5.15 Å². The molecule has 24 heavy (non-hydrogen) atoms. The van der Waals surface area contributed by atoms with E-state index >= 15 is 0 Å². The minimum Gasteiger partial charge on any atom is -0.444 e. The molecule has 0 atom stereocenters. The van der Waals surface area contributed by atoms with Gasteiger partial charge in [-0.1, -0.05) is 17.7 Å². The van der Waals surface area contributed by atoms with Crippen molar-refractivity contribution < 1.29 is 9.53 Å². The van der Waals surface area contributed by atoms with Crippen LogP contribution in [0.5, 0.6) is 0 Å². The highest BCUT2D eigenvalue weighted by molar-refractivity contribution is 6.29. The van der Waals surface area contributed by atoms with Gasteiger partial charge in [-0.15, -0.1) is 0 Å². The third-order valence-corrected chi connectivity index (χ3v) is 3.57. The fourth-order valence-corrected chi connectivity index (χ4v) is 2.24. The quantitative estimate of drug-likeness (QED) is 0.494. The Labute approximate surface area is 147 Å². The van der Waals surface area contributed by atoms with Gasteiger partial charge >= 0.3 is 6.09 Å². The van der Waals surface area contributed by atoms with Gasteiger partial charge in [-0.05, 0) is 32.4 Å². The van der Waals surface area contributed by atoms with Crippen molar-refractivity contribution in [3.8, 4) is 0 Å². The van der Waals surface area contributed by atoms with Crippen molar-refractivity contribution in [2.24, 2.45) is 4.99 Å². The van der Waals surface area contributed by atoms with Crippen LogP contribution in [0.1, 0.15) is 26.3 Å². The van der Waals surface area contributed by atoms with Gasteiger partial charge in [0.25, 0.3) is 0 Å². The van der Waals surface area contributed by atoms with Crippen LogP contribution in [0, 0.1) is 0 Å². The number of aliphatic imine (C=N–C) groups is 1. The lowest BCUT2D eigenvalue weighted by molar-refractivity contribution is 0.00701. The highest BCUT2D eigenvalue weighted by Gasteiger charge is 2.34. The average molecular weight is 354 g/mol. The molecule has 0 aromatic carbocycles. The number of nitrogens with zero attached hydrogens (tertiary/aromatic N) is 3. The van der Waals surface area contributed by atoms with Crippen LogP contribution in [-0.2, 0) is 11.3 Å². The molecule has 0 bridgehead atoms. The molecule has 1 aromatic heterocycles. The Balaban J connectivity index is 1.73. The maximum atomic E-state index is 11.9. The van der Waals surface area contributed by atoms with E-state index in [9.17, 15) is 4.79 Å². The van der Waals surface area contributed by atoms with Crippen LogP contribution in [0.4, 0.5) is 4.79 Å². The number of amides is 1. The van der Waals surface area contributed by atoms with Crippen LogP contribution >= 0.6 is 11.6 Å². The number of hydrogen-bond donors (Lipinski definition) is 2. The lowest BCUT2D eigenvalue weighted by Gasteiger charge is -2.40. The predicted molar refractivity (Wildman–Crippen MR) is 94.2 cm³/mol. The zero-order valence-corrected chi connectivity index (χ0v) is 15.2. The number of guanidine groups is 1.